The summed E-state index contributed by atoms with van der Waals surface area (Å²) >= 11 is 0. The molecule has 0 fully saturated rings. The van der Waals surface area contributed by atoms with Crippen LogP contribution in [0.5, 0.6) is 5.75 Å². The molecule has 0 aliphatic carbocycles. The van der Waals surface area contributed by atoms with Crippen LogP contribution >= 0.6 is 0 Å². The van der Waals surface area contributed by atoms with Crippen LogP contribution in [0.4, 0.5) is 5.69 Å². The van der Waals surface area contributed by atoms with Crippen LogP contribution < -0.4 is 4.74 Å². The van der Waals surface area contributed by atoms with Gasteiger partial charge in [-0.25, -0.2) is 0 Å². The molecular weight excluding hydrogens is 374 g/mol. The van der Waals surface area contributed by atoms with Gasteiger partial charge in [-0.1, -0.05) is 65.2 Å². The standard InChI is InChI=1S/C18H27NO4.C4H8O2/c1-2-3-4-5-6-7-8-9-10-11-18(20)23-17-14-12-16(13-15-17)19(21)22;1-2-3-4(5)6/h12-15H,2-11H2,1H3;2-3H2,1H3,(H,5,6). The maximum absolute atomic E-state index is 11.7. The summed E-state index contributed by atoms with van der Waals surface area (Å²) in [7, 11) is 0. The van der Waals surface area contributed by atoms with E-state index >= 15 is 0 Å². The van der Waals surface area contributed by atoms with Crippen LogP contribution in [0, 0.1) is 10.1 Å². The summed E-state index contributed by atoms with van der Waals surface area (Å²) < 4.78 is 5.16. The van der Waals surface area contributed by atoms with Crippen LogP contribution in [0.2, 0.25) is 0 Å². The molecule has 0 unspecified atom stereocenters. The number of nitro groups is 1. The van der Waals surface area contributed by atoms with Crippen LogP contribution in [0.15, 0.2) is 24.3 Å². The second-order valence-corrected chi connectivity index (χ2v) is 6.95. The summed E-state index contributed by atoms with van der Waals surface area (Å²) in [5.74, 6) is -0.629. The van der Waals surface area contributed by atoms with E-state index in [0.29, 0.717) is 18.6 Å². The van der Waals surface area contributed by atoms with E-state index in [2.05, 4.69) is 6.92 Å². The summed E-state index contributed by atoms with van der Waals surface area (Å²) in [4.78, 5) is 31.3. The molecule has 0 bridgehead atoms. The Hall–Kier alpha value is -2.44. The first kappa shape index (κ1) is 26.6. The molecule has 1 rings (SSSR count). The SMILES string of the molecule is CCCC(=O)O.CCCCCCCCCCCC(=O)Oc1ccc([N+](=O)[O-])cc1. The number of non-ortho nitro benzene ring substituents is 1. The minimum atomic E-state index is -0.711. The molecular formula is C22H35NO6. The van der Waals surface area contributed by atoms with Gasteiger partial charge in [0.15, 0.2) is 0 Å². The Morgan fingerprint density at radius 1 is 0.862 bits per heavy atom. The minimum Gasteiger partial charge on any atom is -0.481 e. The number of carboxylic acids is 1. The second-order valence-electron chi connectivity index (χ2n) is 6.95. The molecule has 1 N–H and O–H groups in total. The van der Waals surface area contributed by atoms with Gasteiger partial charge in [-0.05, 0) is 25.0 Å². The minimum absolute atomic E-state index is 0.0104. The van der Waals surface area contributed by atoms with Crippen molar-refractivity contribution in [3.05, 3.63) is 34.4 Å². The molecule has 0 radical (unpaired) electrons. The number of hydrogen-bond donors (Lipinski definition) is 1. The lowest BCUT2D eigenvalue weighted by molar-refractivity contribution is -0.384. The van der Waals surface area contributed by atoms with Gasteiger partial charge in [0.05, 0.1) is 4.92 Å². The molecule has 1 aromatic carbocycles. The Morgan fingerprint density at radius 3 is 1.79 bits per heavy atom. The van der Waals surface area contributed by atoms with E-state index in [0.717, 1.165) is 25.7 Å². The van der Waals surface area contributed by atoms with Gasteiger partial charge in [0.1, 0.15) is 5.75 Å². The predicted molar refractivity (Wildman–Crippen MR) is 113 cm³/mol. The highest BCUT2D eigenvalue weighted by atomic mass is 16.6. The van der Waals surface area contributed by atoms with Gasteiger partial charge >= 0.3 is 11.9 Å². The number of nitro benzene ring substituents is 1. The lowest BCUT2D eigenvalue weighted by Gasteiger charge is -2.04. The molecule has 0 aliphatic heterocycles. The normalized spacial score (nSPS) is 10.0. The van der Waals surface area contributed by atoms with Crippen LogP contribution in [0.25, 0.3) is 0 Å². The molecule has 29 heavy (non-hydrogen) atoms. The van der Waals surface area contributed by atoms with Crippen molar-refractivity contribution in [2.75, 3.05) is 0 Å². The van der Waals surface area contributed by atoms with E-state index in [-0.39, 0.29) is 11.7 Å². The van der Waals surface area contributed by atoms with E-state index in [4.69, 9.17) is 9.84 Å². The number of carbonyl (C=O) groups is 2. The number of carboxylic acid groups (broad SMARTS) is 1. The number of rotatable bonds is 14. The number of unbranched alkanes of at least 4 members (excludes halogenated alkanes) is 8. The number of hydrogen-bond acceptors (Lipinski definition) is 5. The molecule has 0 saturated carbocycles. The van der Waals surface area contributed by atoms with Crippen LogP contribution in [0.1, 0.15) is 90.9 Å². The molecule has 0 saturated heterocycles. The fourth-order valence-electron chi connectivity index (χ4n) is 2.61. The average molecular weight is 410 g/mol. The molecule has 1 aromatic rings. The number of ether oxygens (including phenoxy) is 1. The monoisotopic (exact) mass is 409 g/mol. The van der Waals surface area contributed by atoms with Crippen molar-refractivity contribution >= 4 is 17.6 Å². The Morgan fingerprint density at radius 2 is 1.38 bits per heavy atom. The lowest BCUT2D eigenvalue weighted by Crippen LogP contribution is -2.07. The van der Waals surface area contributed by atoms with E-state index in [9.17, 15) is 19.7 Å². The van der Waals surface area contributed by atoms with Crippen LogP contribution in [-0.2, 0) is 9.59 Å². The van der Waals surface area contributed by atoms with Crippen molar-refractivity contribution in [2.24, 2.45) is 0 Å². The third kappa shape index (κ3) is 16.2. The van der Waals surface area contributed by atoms with E-state index < -0.39 is 10.9 Å². The predicted octanol–water partition coefficient (Wildman–Crippen LogP) is 6.29. The van der Waals surface area contributed by atoms with Gasteiger partial charge in [0.2, 0.25) is 0 Å². The summed E-state index contributed by atoms with van der Waals surface area (Å²) in [6, 6.07) is 5.57. The first-order chi connectivity index (χ1) is 13.9. The van der Waals surface area contributed by atoms with Gasteiger partial charge < -0.3 is 9.84 Å². The fraction of sp³-hybridized carbons (Fsp3) is 0.636. The largest absolute Gasteiger partial charge is 0.481 e. The number of aliphatic carboxylic acids is 1. The molecule has 0 heterocycles. The number of carbonyl (C=O) groups excluding carboxylic acids is 1. The highest BCUT2D eigenvalue weighted by Crippen LogP contribution is 2.18. The Kier molecular flexibility index (Phi) is 16.2. The highest BCUT2D eigenvalue weighted by molar-refractivity contribution is 5.72. The highest BCUT2D eigenvalue weighted by Gasteiger charge is 2.08. The van der Waals surface area contributed by atoms with Crippen molar-refractivity contribution in [2.45, 2.75) is 90.9 Å². The van der Waals surface area contributed by atoms with E-state index in [1.807, 2.05) is 6.92 Å². The maximum atomic E-state index is 11.7. The lowest BCUT2D eigenvalue weighted by atomic mass is 10.1. The molecule has 7 nitrogen and oxygen atoms in total. The topological polar surface area (TPSA) is 107 Å². The molecule has 0 amide bonds. The number of nitrogens with zero attached hydrogens (tertiary/aromatic N) is 1. The van der Waals surface area contributed by atoms with Crippen molar-refractivity contribution in [1.82, 2.24) is 0 Å². The fourth-order valence-corrected chi connectivity index (χ4v) is 2.61. The van der Waals surface area contributed by atoms with E-state index in [1.165, 1.54) is 62.8 Å². The van der Waals surface area contributed by atoms with Gasteiger partial charge in [-0.2, -0.15) is 0 Å². The quantitative estimate of drug-likeness (QED) is 0.127. The Labute approximate surface area is 173 Å². The van der Waals surface area contributed by atoms with E-state index in [1.54, 1.807) is 0 Å². The first-order valence-electron chi connectivity index (χ1n) is 10.6. The van der Waals surface area contributed by atoms with Crippen LogP contribution in [0.3, 0.4) is 0 Å². The van der Waals surface area contributed by atoms with Crippen LogP contribution in [-0.4, -0.2) is 22.0 Å². The Balaban J connectivity index is 0.00000113. The molecule has 164 valence electrons. The summed E-state index contributed by atoms with van der Waals surface area (Å²) in [6.07, 6.45) is 12.2. The molecule has 0 atom stereocenters. The van der Waals surface area contributed by atoms with Gasteiger partial charge in [-0.15, -0.1) is 0 Å². The van der Waals surface area contributed by atoms with Gasteiger partial charge in [-0.3, -0.25) is 19.7 Å². The molecule has 0 aliphatic rings. The number of esters is 1. The zero-order valence-corrected chi connectivity index (χ0v) is 17.7. The molecule has 0 spiro atoms. The van der Waals surface area contributed by atoms with Crippen molar-refractivity contribution in [1.29, 1.82) is 0 Å². The van der Waals surface area contributed by atoms with Gasteiger partial charge in [0.25, 0.3) is 5.69 Å². The maximum Gasteiger partial charge on any atom is 0.311 e. The zero-order chi connectivity index (χ0) is 21.9. The molecule has 0 aromatic heterocycles. The summed E-state index contributed by atoms with van der Waals surface area (Å²) in [5.41, 5.74) is -0.0104. The van der Waals surface area contributed by atoms with Crippen molar-refractivity contribution < 1.29 is 24.4 Å². The summed E-state index contributed by atoms with van der Waals surface area (Å²) in [6.45, 7) is 4.06. The van der Waals surface area contributed by atoms with Gasteiger partial charge in [0, 0.05) is 25.0 Å². The number of benzene rings is 1. The Bertz CT molecular complexity index is 585. The summed E-state index contributed by atoms with van der Waals surface area (Å²) in [5, 5.41) is 18.4. The molecule has 7 heteroatoms. The third-order valence-electron chi connectivity index (χ3n) is 4.23. The van der Waals surface area contributed by atoms with Crippen molar-refractivity contribution in [3.63, 3.8) is 0 Å². The van der Waals surface area contributed by atoms with Crippen molar-refractivity contribution in [3.8, 4) is 5.75 Å². The first-order valence-corrected chi connectivity index (χ1v) is 10.6. The average Bonchev–Trinajstić information content (AvgIpc) is 2.67. The smallest absolute Gasteiger partial charge is 0.311 e. The second kappa shape index (κ2) is 17.6. The third-order valence-corrected chi connectivity index (χ3v) is 4.23. The zero-order valence-electron chi connectivity index (χ0n) is 17.7.